The van der Waals surface area contributed by atoms with Crippen LogP contribution in [0.2, 0.25) is 0 Å². The Bertz CT molecular complexity index is 1120. The lowest BCUT2D eigenvalue weighted by Gasteiger charge is -2.20. The number of ether oxygens (including phenoxy) is 1. The highest BCUT2D eigenvalue weighted by molar-refractivity contribution is 5.76. The number of hydrogen-bond acceptors (Lipinski definition) is 5. The van der Waals surface area contributed by atoms with E-state index in [1.165, 1.54) is 289 Å². The van der Waals surface area contributed by atoms with Crippen molar-refractivity contribution in [2.45, 2.75) is 373 Å². The molecule has 1 amide bonds. The van der Waals surface area contributed by atoms with E-state index in [2.05, 4.69) is 31.3 Å². The first-order valence-corrected chi connectivity index (χ1v) is 32.6. The third-order valence-corrected chi connectivity index (χ3v) is 15.2. The molecule has 426 valence electrons. The maximum atomic E-state index is 12.5. The third-order valence-electron chi connectivity index (χ3n) is 15.2. The summed E-state index contributed by atoms with van der Waals surface area (Å²) < 4.78 is 5.50. The molecule has 0 saturated carbocycles. The number of nitrogens with one attached hydrogen (secondary N) is 1. The smallest absolute Gasteiger partial charge is 0.305 e. The van der Waals surface area contributed by atoms with E-state index in [1.54, 1.807) is 6.08 Å². The number of aliphatic hydroxyl groups is 2. The van der Waals surface area contributed by atoms with Crippen molar-refractivity contribution in [2.75, 3.05) is 13.2 Å². The zero-order chi connectivity index (χ0) is 52.2. The Kier molecular flexibility index (Phi) is 60.5. The topological polar surface area (TPSA) is 95.9 Å². The second kappa shape index (κ2) is 61.9. The monoisotopic (exact) mass is 1010 g/mol. The quantitative estimate of drug-likeness (QED) is 0.0320. The molecule has 0 rings (SSSR count). The van der Waals surface area contributed by atoms with E-state index in [0.717, 1.165) is 44.9 Å². The van der Waals surface area contributed by atoms with Crippen molar-refractivity contribution in [3.63, 3.8) is 0 Å². The van der Waals surface area contributed by atoms with E-state index in [9.17, 15) is 19.8 Å². The van der Waals surface area contributed by atoms with Crippen LogP contribution in [0.1, 0.15) is 361 Å². The van der Waals surface area contributed by atoms with E-state index < -0.39 is 12.1 Å². The Balaban J connectivity index is 3.38. The zero-order valence-corrected chi connectivity index (χ0v) is 48.7. The predicted octanol–water partition coefficient (Wildman–Crippen LogP) is 20.6. The lowest BCUT2D eigenvalue weighted by molar-refractivity contribution is -0.143. The summed E-state index contributed by atoms with van der Waals surface area (Å²) in [7, 11) is 0. The van der Waals surface area contributed by atoms with Crippen LogP contribution in [0.3, 0.4) is 0 Å². The zero-order valence-electron chi connectivity index (χ0n) is 48.7. The summed E-state index contributed by atoms with van der Waals surface area (Å²) in [6.07, 6.45) is 76.6. The molecule has 0 saturated heterocycles. The molecule has 0 spiro atoms. The van der Waals surface area contributed by atoms with Crippen LogP contribution in [-0.2, 0) is 14.3 Å². The fourth-order valence-electron chi connectivity index (χ4n) is 10.2. The summed E-state index contributed by atoms with van der Waals surface area (Å²) >= 11 is 0. The summed E-state index contributed by atoms with van der Waals surface area (Å²) in [5.41, 5.74) is 0. The van der Waals surface area contributed by atoms with Crippen LogP contribution < -0.4 is 5.32 Å². The Hall–Kier alpha value is -1.66. The van der Waals surface area contributed by atoms with E-state index >= 15 is 0 Å². The standard InChI is InChI=1S/C66H127NO5/c1-3-5-7-9-11-13-15-17-19-20-28-32-36-40-44-48-52-56-60-66(71)72-61-57-53-49-45-41-37-33-29-26-24-22-21-23-25-27-31-35-39-43-47-51-55-59-65(70)67-63(62-68)64(69)58-54-50-46-42-38-34-30-18-16-14-12-10-8-6-4-2/h19-20,54,58,63-64,68-69H,3-18,21-53,55-57,59-62H2,1-2H3,(H,67,70)/b20-19-,58-54+. The molecule has 0 heterocycles. The molecule has 6 heteroatoms. The van der Waals surface area contributed by atoms with E-state index in [0.29, 0.717) is 19.4 Å². The van der Waals surface area contributed by atoms with Crippen molar-refractivity contribution in [3.8, 4) is 0 Å². The van der Waals surface area contributed by atoms with Crippen LogP contribution in [0.25, 0.3) is 0 Å². The highest BCUT2D eigenvalue weighted by atomic mass is 16.5. The van der Waals surface area contributed by atoms with Gasteiger partial charge in [-0.15, -0.1) is 0 Å². The second-order valence-electron chi connectivity index (χ2n) is 22.5. The summed E-state index contributed by atoms with van der Waals surface area (Å²) in [5, 5.41) is 23.1. The van der Waals surface area contributed by atoms with Gasteiger partial charge >= 0.3 is 5.97 Å². The first-order valence-electron chi connectivity index (χ1n) is 32.6. The van der Waals surface area contributed by atoms with Crippen molar-refractivity contribution < 1.29 is 24.5 Å². The van der Waals surface area contributed by atoms with Crippen LogP contribution in [0.4, 0.5) is 0 Å². The van der Waals surface area contributed by atoms with Gasteiger partial charge < -0.3 is 20.3 Å². The van der Waals surface area contributed by atoms with E-state index in [4.69, 9.17) is 4.74 Å². The Morgan fingerprint density at radius 3 is 0.986 bits per heavy atom. The van der Waals surface area contributed by atoms with E-state index in [1.807, 2.05) is 6.08 Å². The molecular formula is C66H127NO5. The summed E-state index contributed by atoms with van der Waals surface area (Å²) in [5.74, 6) is -0.0559. The minimum Gasteiger partial charge on any atom is -0.466 e. The van der Waals surface area contributed by atoms with E-state index in [-0.39, 0.29) is 18.5 Å². The number of esters is 1. The molecule has 3 N–H and O–H groups in total. The fraction of sp³-hybridized carbons (Fsp3) is 0.909. The van der Waals surface area contributed by atoms with Gasteiger partial charge in [0.05, 0.1) is 25.4 Å². The SMILES string of the molecule is CCCCCCCCC/C=C\CCCCCCCCCC(=O)OCCCCCCCCCCCCCCCCCCCCCCCCC(=O)NC(CO)C(O)/C=C/CCCCCCCCCCCCCCC. The molecule has 6 nitrogen and oxygen atoms in total. The highest BCUT2D eigenvalue weighted by Gasteiger charge is 2.18. The molecule has 0 aromatic heterocycles. The molecule has 0 radical (unpaired) electrons. The van der Waals surface area contributed by atoms with Crippen LogP contribution in [0.15, 0.2) is 24.3 Å². The minimum absolute atomic E-state index is 0.0103. The Morgan fingerprint density at radius 1 is 0.375 bits per heavy atom. The number of amides is 1. The first kappa shape index (κ1) is 70.3. The average molecular weight is 1010 g/mol. The molecule has 72 heavy (non-hydrogen) atoms. The molecule has 0 fully saturated rings. The van der Waals surface area contributed by atoms with Gasteiger partial charge in [0.25, 0.3) is 0 Å². The first-order chi connectivity index (χ1) is 35.5. The molecule has 2 unspecified atom stereocenters. The lowest BCUT2D eigenvalue weighted by atomic mass is 10.0. The normalized spacial score (nSPS) is 12.7. The number of aliphatic hydroxyl groups excluding tert-OH is 2. The van der Waals surface area contributed by atoms with Gasteiger partial charge in [0.2, 0.25) is 5.91 Å². The van der Waals surface area contributed by atoms with Gasteiger partial charge in [-0.1, -0.05) is 314 Å². The Labute approximate surface area is 450 Å². The van der Waals surface area contributed by atoms with Crippen LogP contribution in [0, 0.1) is 0 Å². The predicted molar refractivity (Wildman–Crippen MR) is 315 cm³/mol. The number of carbonyl (C=O) groups is 2. The molecule has 0 aromatic rings. The summed E-state index contributed by atoms with van der Waals surface area (Å²) in [4.78, 5) is 24.6. The van der Waals surface area contributed by atoms with Crippen molar-refractivity contribution in [3.05, 3.63) is 24.3 Å². The van der Waals surface area contributed by atoms with Gasteiger partial charge in [-0.25, -0.2) is 0 Å². The number of unbranched alkanes of at least 4 members (excludes halogenated alkanes) is 48. The molecule has 0 aliphatic heterocycles. The van der Waals surface area contributed by atoms with Gasteiger partial charge in [0, 0.05) is 12.8 Å². The third kappa shape index (κ3) is 57.6. The van der Waals surface area contributed by atoms with Crippen molar-refractivity contribution in [1.82, 2.24) is 5.32 Å². The van der Waals surface area contributed by atoms with Crippen molar-refractivity contribution >= 4 is 11.9 Å². The van der Waals surface area contributed by atoms with Gasteiger partial charge in [0.15, 0.2) is 0 Å². The van der Waals surface area contributed by atoms with Crippen molar-refractivity contribution in [1.29, 1.82) is 0 Å². The highest BCUT2D eigenvalue weighted by Crippen LogP contribution is 2.18. The number of rotatable bonds is 61. The van der Waals surface area contributed by atoms with Crippen LogP contribution in [-0.4, -0.2) is 47.4 Å². The molecule has 2 atom stereocenters. The maximum absolute atomic E-state index is 12.5. The number of carbonyl (C=O) groups excluding carboxylic acids is 2. The molecule has 0 aliphatic carbocycles. The molecule has 0 aromatic carbocycles. The fourth-order valence-corrected chi connectivity index (χ4v) is 10.2. The van der Waals surface area contributed by atoms with Gasteiger partial charge in [-0.2, -0.15) is 0 Å². The summed E-state index contributed by atoms with van der Waals surface area (Å²) in [6, 6.07) is -0.628. The van der Waals surface area contributed by atoms with Crippen LogP contribution >= 0.6 is 0 Å². The molecular weight excluding hydrogens is 887 g/mol. The van der Waals surface area contributed by atoms with Crippen LogP contribution in [0.5, 0.6) is 0 Å². The second-order valence-corrected chi connectivity index (χ2v) is 22.5. The Morgan fingerprint density at radius 2 is 0.653 bits per heavy atom. The van der Waals surface area contributed by atoms with Crippen molar-refractivity contribution in [2.24, 2.45) is 0 Å². The lowest BCUT2D eigenvalue weighted by Crippen LogP contribution is -2.45. The number of allylic oxidation sites excluding steroid dienone is 3. The maximum Gasteiger partial charge on any atom is 0.305 e. The number of hydrogen-bond donors (Lipinski definition) is 3. The van der Waals surface area contributed by atoms with Gasteiger partial charge in [-0.05, 0) is 57.8 Å². The molecule has 0 aliphatic rings. The average Bonchev–Trinajstić information content (AvgIpc) is 3.38. The molecule has 0 bridgehead atoms. The minimum atomic E-state index is -0.844. The van der Waals surface area contributed by atoms with Gasteiger partial charge in [0.1, 0.15) is 0 Å². The van der Waals surface area contributed by atoms with Gasteiger partial charge in [-0.3, -0.25) is 9.59 Å². The largest absolute Gasteiger partial charge is 0.466 e. The summed E-state index contributed by atoms with van der Waals surface area (Å²) in [6.45, 7) is 4.92.